The summed E-state index contributed by atoms with van der Waals surface area (Å²) in [6.45, 7) is 6.22. The molecule has 4 nitrogen and oxygen atoms in total. The molecule has 1 aliphatic heterocycles. The molecule has 1 heterocycles. The SMILES string of the molecule is COc1cc(C)c(C(=O)NC2CC3(CCCCC3)Oc3ccccc32)cc1C(C)C. The maximum absolute atomic E-state index is 13.4. The van der Waals surface area contributed by atoms with Crippen molar-refractivity contribution in [2.75, 3.05) is 7.11 Å². The Balaban J connectivity index is 1.65. The predicted molar refractivity (Wildman–Crippen MR) is 120 cm³/mol. The molecule has 1 fully saturated rings. The first-order valence-corrected chi connectivity index (χ1v) is 11.2. The Morgan fingerprint density at radius 2 is 1.90 bits per heavy atom. The van der Waals surface area contributed by atoms with Gasteiger partial charge in [-0.1, -0.05) is 38.5 Å². The third-order valence-corrected chi connectivity index (χ3v) is 6.71. The van der Waals surface area contributed by atoms with E-state index in [0.29, 0.717) is 0 Å². The number of hydrogen-bond acceptors (Lipinski definition) is 3. The number of amides is 1. The summed E-state index contributed by atoms with van der Waals surface area (Å²) in [5.41, 5.74) is 3.65. The van der Waals surface area contributed by atoms with E-state index >= 15 is 0 Å². The number of benzene rings is 2. The maximum atomic E-state index is 13.4. The molecule has 0 radical (unpaired) electrons. The Morgan fingerprint density at radius 1 is 1.17 bits per heavy atom. The van der Waals surface area contributed by atoms with Gasteiger partial charge in [-0.15, -0.1) is 0 Å². The molecule has 0 bridgehead atoms. The molecule has 4 heteroatoms. The topological polar surface area (TPSA) is 47.6 Å². The summed E-state index contributed by atoms with van der Waals surface area (Å²) in [4.78, 5) is 13.4. The van der Waals surface area contributed by atoms with Crippen molar-refractivity contribution in [1.29, 1.82) is 0 Å². The van der Waals surface area contributed by atoms with Crippen LogP contribution in [0.3, 0.4) is 0 Å². The number of hydrogen-bond donors (Lipinski definition) is 1. The van der Waals surface area contributed by atoms with Gasteiger partial charge in [-0.25, -0.2) is 0 Å². The number of methoxy groups -OCH3 is 1. The average molecular weight is 408 g/mol. The minimum absolute atomic E-state index is 0.0234. The summed E-state index contributed by atoms with van der Waals surface area (Å²) in [7, 11) is 1.68. The first-order valence-electron chi connectivity index (χ1n) is 11.2. The van der Waals surface area contributed by atoms with Crippen LogP contribution in [0, 0.1) is 6.92 Å². The zero-order chi connectivity index (χ0) is 21.3. The van der Waals surface area contributed by atoms with Crippen molar-refractivity contribution >= 4 is 5.91 Å². The average Bonchev–Trinajstić information content (AvgIpc) is 2.73. The summed E-state index contributed by atoms with van der Waals surface area (Å²) >= 11 is 0. The van der Waals surface area contributed by atoms with E-state index in [9.17, 15) is 4.79 Å². The smallest absolute Gasteiger partial charge is 0.252 e. The summed E-state index contributed by atoms with van der Waals surface area (Å²) in [6.07, 6.45) is 6.62. The minimum Gasteiger partial charge on any atom is -0.496 e. The number of nitrogens with one attached hydrogen (secondary N) is 1. The van der Waals surface area contributed by atoms with Gasteiger partial charge < -0.3 is 14.8 Å². The number of ether oxygens (including phenoxy) is 2. The molecule has 1 spiro atoms. The fourth-order valence-electron chi connectivity index (χ4n) is 5.06. The largest absolute Gasteiger partial charge is 0.496 e. The van der Waals surface area contributed by atoms with E-state index in [0.717, 1.165) is 53.0 Å². The number of aryl methyl sites for hydroxylation is 1. The van der Waals surface area contributed by atoms with Crippen LogP contribution in [0.1, 0.15) is 91.4 Å². The third-order valence-electron chi connectivity index (χ3n) is 6.71. The van der Waals surface area contributed by atoms with E-state index < -0.39 is 0 Å². The molecule has 30 heavy (non-hydrogen) atoms. The van der Waals surface area contributed by atoms with Crippen molar-refractivity contribution in [3.8, 4) is 11.5 Å². The molecule has 2 aromatic carbocycles. The van der Waals surface area contributed by atoms with E-state index in [1.165, 1.54) is 19.3 Å². The zero-order valence-corrected chi connectivity index (χ0v) is 18.6. The molecule has 1 aliphatic carbocycles. The summed E-state index contributed by atoms with van der Waals surface area (Å²) in [5, 5.41) is 3.35. The van der Waals surface area contributed by atoms with Gasteiger partial charge >= 0.3 is 0 Å². The Labute approximate surface area is 180 Å². The lowest BCUT2D eigenvalue weighted by Gasteiger charge is -2.44. The van der Waals surface area contributed by atoms with Gasteiger partial charge in [0.15, 0.2) is 0 Å². The van der Waals surface area contributed by atoms with Gasteiger partial charge in [0.05, 0.1) is 13.2 Å². The van der Waals surface area contributed by atoms with Crippen molar-refractivity contribution < 1.29 is 14.3 Å². The number of carbonyl (C=O) groups excluding carboxylic acids is 1. The van der Waals surface area contributed by atoms with E-state index in [2.05, 4.69) is 25.2 Å². The molecule has 2 aromatic rings. The van der Waals surface area contributed by atoms with Crippen molar-refractivity contribution in [2.45, 2.75) is 76.9 Å². The van der Waals surface area contributed by atoms with Crippen LogP contribution in [0.25, 0.3) is 0 Å². The summed E-state index contributed by atoms with van der Waals surface area (Å²) < 4.78 is 12.1. The van der Waals surface area contributed by atoms with Crippen LogP contribution in [0.5, 0.6) is 11.5 Å². The number of rotatable bonds is 4. The molecule has 160 valence electrons. The van der Waals surface area contributed by atoms with Crippen molar-refractivity contribution in [1.82, 2.24) is 5.32 Å². The monoisotopic (exact) mass is 407 g/mol. The molecule has 1 amide bonds. The third kappa shape index (κ3) is 3.92. The predicted octanol–water partition coefficient (Wildman–Crippen LogP) is 6.08. The Kier molecular flexibility index (Phi) is 5.77. The van der Waals surface area contributed by atoms with Crippen molar-refractivity contribution in [3.05, 3.63) is 58.7 Å². The number of fused-ring (bicyclic) bond motifs is 1. The second kappa shape index (κ2) is 8.33. The molecule has 1 atom stereocenters. The van der Waals surface area contributed by atoms with Crippen LogP contribution in [-0.2, 0) is 0 Å². The number of para-hydroxylation sites is 1. The highest BCUT2D eigenvalue weighted by Crippen LogP contribution is 2.46. The van der Waals surface area contributed by atoms with E-state index in [1.54, 1.807) is 7.11 Å². The van der Waals surface area contributed by atoms with E-state index in [4.69, 9.17) is 9.47 Å². The van der Waals surface area contributed by atoms with Gasteiger partial charge in [0.1, 0.15) is 17.1 Å². The van der Waals surface area contributed by atoms with Gasteiger partial charge in [-0.05, 0) is 67.9 Å². The number of carbonyl (C=O) groups is 1. The van der Waals surface area contributed by atoms with Crippen LogP contribution in [0.4, 0.5) is 0 Å². The minimum atomic E-state index is -0.150. The lowest BCUT2D eigenvalue weighted by atomic mass is 9.77. The van der Waals surface area contributed by atoms with Gasteiger partial charge in [0, 0.05) is 17.5 Å². The van der Waals surface area contributed by atoms with Gasteiger partial charge in [0.2, 0.25) is 0 Å². The lowest BCUT2D eigenvalue weighted by Crippen LogP contribution is -2.46. The molecule has 0 saturated heterocycles. The fraction of sp³-hybridized carbons (Fsp3) is 0.500. The lowest BCUT2D eigenvalue weighted by molar-refractivity contribution is -0.00210. The standard InChI is InChI=1S/C26H33NO3/c1-17(2)20-15-21(18(3)14-24(20)29-4)25(28)27-22-16-26(12-8-5-9-13-26)30-23-11-7-6-10-19(22)23/h6-7,10-11,14-15,17,22H,5,8-9,12-13,16H2,1-4H3,(H,27,28). The van der Waals surface area contributed by atoms with E-state index in [-0.39, 0.29) is 23.5 Å². The highest BCUT2D eigenvalue weighted by molar-refractivity contribution is 5.96. The fourth-order valence-corrected chi connectivity index (χ4v) is 5.06. The molecule has 1 unspecified atom stereocenters. The quantitative estimate of drug-likeness (QED) is 0.668. The van der Waals surface area contributed by atoms with Crippen molar-refractivity contribution in [3.63, 3.8) is 0 Å². The Morgan fingerprint density at radius 3 is 2.60 bits per heavy atom. The second-order valence-electron chi connectivity index (χ2n) is 9.18. The van der Waals surface area contributed by atoms with Crippen LogP contribution in [0.15, 0.2) is 36.4 Å². The molecular formula is C26H33NO3. The normalized spacial score (nSPS) is 19.8. The summed E-state index contributed by atoms with van der Waals surface area (Å²) in [6, 6.07) is 12.1. The first kappa shape index (κ1) is 20.8. The maximum Gasteiger partial charge on any atom is 0.252 e. The van der Waals surface area contributed by atoms with Gasteiger partial charge in [-0.3, -0.25) is 4.79 Å². The second-order valence-corrected chi connectivity index (χ2v) is 9.18. The molecule has 1 N–H and O–H groups in total. The molecule has 4 rings (SSSR count). The first-order chi connectivity index (χ1) is 14.4. The Bertz CT molecular complexity index is 928. The Hall–Kier alpha value is -2.49. The van der Waals surface area contributed by atoms with E-state index in [1.807, 2.05) is 37.3 Å². The zero-order valence-electron chi connectivity index (χ0n) is 18.6. The molecule has 0 aromatic heterocycles. The van der Waals surface area contributed by atoms with Gasteiger partial charge in [0.25, 0.3) is 5.91 Å². The van der Waals surface area contributed by atoms with Crippen LogP contribution < -0.4 is 14.8 Å². The highest BCUT2D eigenvalue weighted by atomic mass is 16.5. The van der Waals surface area contributed by atoms with Crippen LogP contribution >= 0.6 is 0 Å². The van der Waals surface area contributed by atoms with Crippen LogP contribution in [0.2, 0.25) is 0 Å². The highest BCUT2D eigenvalue weighted by Gasteiger charge is 2.42. The summed E-state index contributed by atoms with van der Waals surface area (Å²) in [5.74, 6) is 2.02. The van der Waals surface area contributed by atoms with Crippen LogP contribution in [-0.4, -0.2) is 18.6 Å². The van der Waals surface area contributed by atoms with Crippen molar-refractivity contribution in [2.24, 2.45) is 0 Å². The molecule has 2 aliphatic rings. The molecular weight excluding hydrogens is 374 g/mol. The van der Waals surface area contributed by atoms with Gasteiger partial charge in [-0.2, -0.15) is 0 Å². The molecule has 1 saturated carbocycles.